The Morgan fingerprint density at radius 3 is 2.59 bits per heavy atom. The minimum atomic E-state index is -0.219. The molecule has 0 unspecified atom stereocenters. The van der Waals surface area contributed by atoms with Gasteiger partial charge >= 0.3 is 5.69 Å². The quantitative estimate of drug-likeness (QED) is 0.584. The third-order valence-corrected chi connectivity index (χ3v) is 6.33. The van der Waals surface area contributed by atoms with Crippen LogP contribution in [0.4, 0.5) is 0 Å². The summed E-state index contributed by atoms with van der Waals surface area (Å²) < 4.78 is 1.80. The van der Waals surface area contributed by atoms with Gasteiger partial charge in [0, 0.05) is 36.7 Å². The maximum absolute atomic E-state index is 12.7. The van der Waals surface area contributed by atoms with Crippen LogP contribution in [0, 0.1) is 0 Å². The molecule has 2 aromatic rings. The van der Waals surface area contributed by atoms with Crippen molar-refractivity contribution in [2.45, 2.75) is 50.1 Å². The first-order valence-corrected chi connectivity index (χ1v) is 10.6. The topological polar surface area (TPSA) is 68.1 Å². The summed E-state index contributed by atoms with van der Waals surface area (Å²) in [4.78, 5) is 35.4. The Hall–Kier alpha value is -2.15. The van der Waals surface area contributed by atoms with Gasteiger partial charge in [0.05, 0.1) is 12.3 Å². The number of pyridine rings is 1. The van der Waals surface area contributed by atoms with Crippen LogP contribution in [0.25, 0.3) is 0 Å². The second kappa shape index (κ2) is 8.25. The molecule has 1 fully saturated rings. The standard InChI is InChI=1S/C20H24N4O2S/c25-18(23-11-3-4-12-23)14-27-19-16-5-1-2-6-17(16)24(20(26)22-19)13-15-7-9-21-10-8-15/h7-10H,1-6,11-14H2. The fourth-order valence-electron chi connectivity index (χ4n) is 3.89. The molecule has 142 valence electrons. The molecule has 1 aliphatic carbocycles. The van der Waals surface area contributed by atoms with E-state index in [1.807, 2.05) is 17.0 Å². The first-order valence-electron chi connectivity index (χ1n) is 9.64. The molecule has 0 bridgehead atoms. The molecule has 1 amide bonds. The summed E-state index contributed by atoms with van der Waals surface area (Å²) in [6.45, 7) is 2.24. The normalized spacial score (nSPS) is 16.4. The summed E-state index contributed by atoms with van der Waals surface area (Å²) in [6.07, 6.45) is 9.69. The van der Waals surface area contributed by atoms with Crippen molar-refractivity contribution in [1.29, 1.82) is 0 Å². The number of amides is 1. The molecule has 1 aliphatic heterocycles. The second-order valence-electron chi connectivity index (χ2n) is 7.15. The Balaban J connectivity index is 1.58. The maximum Gasteiger partial charge on any atom is 0.349 e. The number of rotatable bonds is 5. The third kappa shape index (κ3) is 4.08. The lowest BCUT2D eigenvalue weighted by atomic mass is 9.97. The Bertz CT molecular complexity index is 876. The van der Waals surface area contributed by atoms with Gasteiger partial charge in [0.1, 0.15) is 5.03 Å². The molecular formula is C20H24N4O2S. The molecule has 7 heteroatoms. The van der Waals surface area contributed by atoms with Gasteiger partial charge in [0.25, 0.3) is 0 Å². The van der Waals surface area contributed by atoms with Crippen LogP contribution in [0.5, 0.6) is 0 Å². The molecule has 3 heterocycles. The lowest BCUT2D eigenvalue weighted by Gasteiger charge is -2.23. The third-order valence-electron chi connectivity index (χ3n) is 5.33. The zero-order chi connectivity index (χ0) is 18.6. The minimum Gasteiger partial charge on any atom is -0.342 e. The highest BCUT2D eigenvalue weighted by Crippen LogP contribution is 2.29. The average molecular weight is 385 g/mol. The second-order valence-corrected chi connectivity index (χ2v) is 8.11. The molecule has 0 N–H and O–H groups in total. The fourth-order valence-corrected chi connectivity index (χ4v) is 4.87. The number of likely N-dealkylation sites (tertiary alicyclic amines) is 1. The Morgan fingerprint density at radius 2 is 1.81 bits per heavy atom. The van der Waals surface area contributed by atoms with Gasteiger partial charge in [-0.2, -0.15) is 4.98 Å². The van der Waals surface area contributed by atoms with E-state index in [1.165, 1.54) is 11.8 Å². The van der Waals surface area contributed by atoms with Crippen LogP contribution in [0.1, 0.15) is 42.5 Å². The van der Waals surface area contributed by atoms with Crippen molar-refractivity contribution in [1.82, 2.24) is 19.4 Å². The molecule has 4 rings (SSSR count). The van der Waals surface area contributed by atoms with E-state index in [-0.39, 0.29) is 11.6 Å². The van der Waals surface area contributed by atoms with E-state index in [1.54, 1.807) is 17.0 Å². The van der Waals surface area contributed by atoms with E-state index in [0.29, 0.717) is 12.3 Å². The predicted molar refractivity (Wildman–Crippen MR) is 105 cm³/mol. The summed E-state index contributed by atoms with van der Waals surface area (Å²) in [5.74, 6) is 0.526. The molecule has 0 spiro atoms. The minimum absolute atomic E-state index is 0.157. The zero-order valence-corrected chi connectivity index (χ0v) is 16.2. The van der Waals surface area contributed by atoms with Gasteiger partial charge in [0.2, 0.25) is 5.91 Å². The maximum atomic E-state index is 12.7. The molecule has 27 heavy (non-hydrogen) atoms. The van der Waals surface area contributed by atoms with Crippen LogP contribution < -0.4 is 5.69 Å². The first kappa shape index (κ1) is 18.2. The molecule has 2 aliphatic rings. The first-order chi connectivity index (χ1) is 13.2. The number of thioether (sulfide) groups is 1. The van der Waals surface area contributed by atoms with Crippen molar-refractivity contribution < 1.29 is 4.79 Å². The summed E-state index contributed by atoms with van der Waals surface area (Å²) in [5, 5.41) is 0.758. The number of hydrogen-bond donors (Lipinski definition) is 0. The van der Waals surface area contributed by atoms with Crippen molar-refractivity contribution in [3.05, 3.63) is 51.8 Å². The SMILES string of the molecule is O=C(CSc1nc(=O)n(Cc2ccncc2)c2c1CCCC2)N1CCCC1. The molecular weight excluding hydrogens is 360 g/mol. The van der Waals surface area contributed by atoms with Crippen molar-refractivity contribution in [3.63, 3.8) is 0 Å². The van der Waals surface area contributed by atoms with Crippen molar-refractivity contribution >= 4 is 17.7 Å². The van der Waals surface area contributed by atoms with Crippen LogP contribution in [-0.2, 0) is 24.2 Å². The van der Waals surface area contributed by atoms with Gasteiger partial charge in [-0.25, -0.2) is 4.79 Å². The summed E-state index contributed by atoms with van der Waals surface area (Å²) in [7, 11) is 0. The number of fused-ring (bicyclic) bond motifs is 1. The number of nitrogens with zero attached hydrogens (tertiary/aromatic N) is 4. The largest absolute Gasteiger partial charge is 0.349 e. The summed E-state index contributed by atoms with van der Waals surface area (Å²) in [5.41, 5.74) is 3.08. The van der Waals surface area contributed by atoms with Gasteiger partial charge < -0.3 is 4.90 Å². The van der Waals surface area contributed by atoms with E-state index in [2.05, 4.69) is 9.97 Å². The van der Waals surface area contributed by atoms with Gasteiger partial charge in [0.15, 0.2) is 0 Å². The number of hydrogen-bond acceptors (Lipinski definition) is 5. The van der Waals surface area contributed by atoms with Crippen molar-refractivity contribution in [2.24, 2.45) is 0 Å². The molecule has 0 aromatic carbocycles. The fraction of sp³-hybridized carbons (Fsp3) is 0.500. The van der Waals surface area contributed by atoms with Crippen LogP contribution in [0.3, 0.4) is 0 Å². The highest BCUT2D eigenvalue weighted by Gasteiger charge is 2.23. The van der Waals surface area contributed by atoms with Crippen molar-refractivity contribution in [2.75, 3.05) is 18.8 Å². The average Bonchev–Trinajstić information content (AvgIpc) is 3.24. The molecule has 2 aromatic heterocycles. The smallest absolute Gasteiger partial charge is 0.342 e. The van der Waals surface area contributed by atoms with Crippen LogP contribution in [0.2, 0.25) is 0 Å². The molecule has 0 radical (unpaired) electrons. The van der Waals surface area contributed by atoms with Gasteiger partial charge in [-0.15, -0.1) is 0 Å². The lowest BCUT2D eigenvalue weighted by Crippen LogP contribution is -2.32. The summed E-state index contributed by atoms with van der Waals surface area (Å²) in [6, 6.07) is 3.86. The van der Waals surface area contributed by atoms with E-state index >= 15 is 0 Å². The Morgan fingerprint density at radius 1 is 1.07 bits per heavy atom. The number of carbonyl (C=O) groups excluding carboxylic acids is 1. The zero-order valence-electron chi connectivity index (χ0n) is 15.4. The lowest BCUT2D eigenvalue weighted by molar-refractivity contribution is -0.127. The molecule has 1 saturated heterocycles. The molecule has 0 atom stereocenters. The molecule has 6 nitrogen and oxygen atoms in total. The van der Waals surface area contributed by atoms with Gasteiger partial charge in [-0.1, -0.05) is 11.8 Å². The monoisotopic (exact) mass is 384 g/mol. The Labute approximate surface area is 163 Å². The van der Waals surface area contributed by atoms with Crippen molar-refractivity contribution in [3.8, 4) is 0 Å². The number of carbonyl (C=O) groups is 1. The predicted octanol–water partition coefficient (Wildman–Crippen LogP) is 2.28. The van der Waals surface area contributed by atoms with Crippen LogP contribution in [0.15, 0.2) is 34.3 Å². The van der Waals surface area contributed by atoms with Crippen LogP contribution >= 0.6 is 11.8 Å². The highest BCUT2D eigenvalue weighted by molar-refractivity contribution is 7.99. The van der Waals surface area contributed by atoms with E-state index in [0.717, 1.165) is 73.5 Å². The van der Waals surface area contributed by atoms with E-state index in [9.17, 15) is 9.59 Å². The summed E-state index contributed by atoms with van der Waals surface area (Å²) >= 11 is 1.43. The van der Waals surface area contributed by atoms with Crippen LogP contribution in [-0.4, -0.2) is 44.2 Å². The number of aromatic nitrogens is 3. The highest BCUT2D eigenvalue weighted by atomic mass is 32.2. The Kier molecular flexibility index (Phi) is 5.57. The van der Waals surface area contributed by atoms with Gasteiger partial charge in [-0.3, -0.25) is 14.3 Å². The van der Waals surface area contributed by atoms with E-state index in [4.69, 9.17) is 0 Å². The molecule has 0 saturated carbocycles. The van der Waals surface area contributed by atoms with Gasteiger partial charge in [-0.05, 0) is 56.2 Å². The van der Waals surface area contributed by atoms with E-state index < -0.39 is 0 Å².